The van der Waals surface area contributed by atoms with E-state index in [1.54, 1.807) is 0 Å². The molecule has 9 heteroatoms. The maximum atomic E-state index is 13.0. The summed E-state index contributed by atoms with van der Waals surface area (Å²) in [6.07, 6.45) is -3.04. The van der Waals surface area contributed by atoms with E-state index in [0.717, 1.165) is 23.9 Å². The Hall–Kier alpha value is -2.06. The van der Waals surface area contributed by atoms with Crippen LogP contribution in [0.25, 0.3) is 0 Å². The quantitative estimate of drug-likeness (QED) is 0.822. The van der Waals surface area contributed by atoms with Crippen LogP contribution in [0.3, 0.4) is 0 Å². The number of nitrogens with zero attached hydrogens (tertiary/aromatic N) is 3. The van der Waals surface area contributed by atoms with Gasteiger partial charge in [-0.2, -0.15) is 13.2 Å². The van der Waals surface area contributed by atoms with Gasteiger partial charge in [0.1, 0.15) is 0 Å². The Morgan fingerprint density at radius 3 is 2.50 bits per heavy atom. The van der Waals surface area contributed by atoms with Crippen LogP contribution in [0.15, 0.2) is 24.5 Å². The van der Waals surface area contributed by atoms with Crippen LogP contribution in [0.2, 0.25) is 5.02 Å². The van der Waals surface area contributed by atoms with E-state index in [4.69, 9.17) is 11.6 Å². The third kappa shape index (κ3) is 4.98. The molecule has 0 aliphatic carbocycles. The van der Waals surface area contributed by atoms with Gasteiger partial charge in [-0.25, -0.2) is 4.98 Å². The molecule has 0 aliphatic heterocycles. The minimum atomic E-state index is -4.55. The molecule has 1 N–H and O–H groups in total. The van der Waals surface area contributed by atoms with Crippen LogP contribution in [0.4, 0.5) is 13.2 Å². The van der Waals surface area contributed by atoms with E-state index in [1.807, 2.05) is 25.9 Å². The number of benzene rings is 1. The molecule has 2 rings (SSSR count). The number of amides is 1. The minimum Gasteiger partial charge on any atom is -0.348 e. The summed E-state index contributed by atoms with van der Waals surface area (Å²) in [4.78, 5) is 23.3. The fourth-order valence-corrected chi connectivity index (χ4v) is 2.53. The maximum Gasteiger partial charge on any atom is 0.416 e. The van der Waals surface area contributed by atoms with Gasteiger partial charge in [-0.15, -0.1) is 0 Å². The van der Waals surface area contributed by atoms with Crippen LogP contribution >= 0.6 is 11.6 Å². The number of likely N-dealkylation sites (N-methyl/N-ethyl adjacent to an activating group) is 1. The number of rotatable bonds is 6. The largest absolute Gasteiger partial charge is 0.416 e. The Morgan fingerprint density at radius 1 is 1.27 bits per heavy atom. The molecule has 0 aliphatic rings. The van der Waals surface area contributed by atoms with Crippen molar-refractivity contribution in [3.63, 3.8) is 0 Å². The molecule has 0 saturated heterocycles. The summed E-state index contributed by atoms with van der Waals surface area (Å²) >= 11 is 6.01. The van der Waals surface area contributed by atoms with Crippen molar-refractivity contribution >= 4 is 17.5 Å². The molecule has 1 aromatic heterocycles. The van der Waals surface area contributed by atoms with Gasteiger partial charge >= 0.3 is 6.18 Å². The van der Waals surface area contributed by atoms with Crippen LogP contribution in [0, 0.1) is 6.92 Å². The van der Waals surface area contributed by atoms with E-state index >= 15 is 0 Å². The number of halogens is 4. The van der Waals surface area contributed by atoms with E-state index in [0.29, 0.717) is 18.8 Å². The lowest BCUT2D eigenvalue weighted by Crippen LogP contribution is -2.36. The summed E-state index contributed by atoms with van der Waals surface area (Å²) in [6, 6.07) is 2.76. The number of imidazole rings is 1. The second-order valence-corrected chi connectivity index (χ2v) is 6.60. The molecular weight excluding hydrogens is 369 g/mol. The molecule has 142 valence electrons. The summed E-state index contributed by atoms with van der Waals surface area (Å²) in [5, 5.41) is -0.0170. The second kappa shape index (κ2) is 8.09. The number of hydrogen-bond donors (Lipinski definition) is 1. The van der Waals surface area contributed by atoms with Crippen molar-refractivity contribution in [2.24, 2.45) is 0 Å². The molecule has 26 heavy (non-hydrogen) atoms. The zero-order chi connectivity index (χ0) is 19.5. The maximum absolute atomic E-state index is 13.0. The smallest absolute Gasteiger partial charge is 0.348 e. The molecule has 0 saturated carbocycles. The Kier molecular flexibility index (Phi) is 6.30. The predicted octanol–water partition coefficient (Wildman–Crippen LogP) is 3.59. The average Bonchev–Trinajstić information content (AvgIpc) is 2.95. The highest BCUT2D eigenvalue weighted by Gasteiger charge is 2.32. The van der Waals surface area contributed by atoms with E-state index in [-0.39, 0.29) is 17.1 Å². The topological polar surface area (TPSA) is 52.2 Å². The highest BCUT2D eigenvalue weighted by Crippen LogP contribution is 2.32. The first-order valence-corrected chi connectivity index (χ1v) is 8.27. The number of aryl methyl sites for hydroxylation is 1. The predicted molar refractivity (Wildman–Crippen MR) is 93.1 cm³/mol. The molecule has 0 spiro atoms. The average molecular weight is 389 g/mol. The second-order valence-electron chi connectivity index (χ2n) is 6.20. The third-order valence-corrected chi connectivity index (χ3v) is 4.23. The SMILES string of the molecule is Cc1[nH]cnc1CN(CCN(C)C)C(=O)c1cc(C(F)(F)F)ccc1Cl. The van der Waals surface area contributed by atoms with Crippen molar-refractivity contribution in [1.82, 2.24) is 19.8 Å². The molecule has 1 heterocycles. The lowest BCUT2D eigenvalue weighted by Gasteiger charge is -2.25. The fourth-order valence-electron chi connectivity index (χ4n) is 2.34. The van der Waals surface area contributed by atoms with Gasteiger partial charge in [0.2, 0.25) is 0 Å². The Labute approximate surface area is 154 Å². The van der Waals surface area contributed by atoms with Gasteiger partial charge in [0.25, 0.3) is 5.91 Å². The summed E-state index contributed by atoms with van der Waals surface area (Å²) in [5.74, 6) is -0.564. The van der Waals surface area contributed by atoms with Gasteiger partial charge in [-0.05, 0) is 39.2 Å². The highest BCUT2D eigenvalue weighted by atomic mass is 35.5. The van der Waals surface area contributed by atoms with Crippen LogP contribution in [0.1, 0.15) is 27.3 Å². The van der Waals surface area contributed by atoms with Crippen molar-refractivity contribution in [3.05, 3.63) is 52.1 Å². The molecule has 5 nitrogen and oxygen atoms in total. The number of carbonyl (C=O) groups is 1. The molecule has 1 amide bonds. The molecule has 0 atom stereocenters. The first-order valence-electron chi connectivity index (χ1n) is 7.89. The van der Waals surface area contributed by atoms with Gasteiger partial charge < -0.3 is 14.8 Å². The number of aromatic nitrogens is 2. The van der Waals surface area contributed by atoms with Gasteiger partial charge in [0, 0.05) is 18.8 Å². The molecule has 1 aromatic carbocycles. The van der Waals surface area contributed by atoms with Gasteiger partial charge in [-0.1, -0.05) is 11.6 Å². The van der Waals surface area contributed by atoms with E-state index < -0.39 is 17.6 Å². The molecular formula is C17H20ClF3N4O. The highest BCUT2D eigenvalue weighted by molar-refractivity contribution is 6.33. The Bertz CT molecular complexity index is 774. The van der Waals surface area contributed by atoms with Crippen LogP contribution in [-0.2, 0) is 12.7 Å². The van der Waals surface area contributed by atoms with Crippen molar-refractivity contribution in [2.45, 2.75) is 19.6 Å². The van der Waals surface area contributed by atoms with Crippen molar-refractivity contribution < 1.29 is 18.0 Å². The van der Waals surface area contributed by atoms with Crippen molar-refractivity contribution in [3.8, 4) is 0 Å². The summed E-state index contributed by atoms with van der Waals surface area (Å²) < 4.78 is 39.0. The first-order chi connectivity index (χ1) is 12.1. The normalized spacial score (nSPS) is 11.8. The van der Waals surface area contributed by atoms with E-state index in [2.05, 4.69) is 9.97 Å². The van der Waals surface area contributed by atoms with E-state index in [9.17, 15) is 18.0 Å². The third-order valence-electron chi connectivity index (χ3n) is 3.90. The summed E-state index contributed by atoms with van der Waals surface area (Å²) in [7, 11) is 3.69. The number of H-pyrrole nitrogens is 1. The lowest BCUT2D eigenvalue weighted by atomic mass is 10.1. The standard InChI is InChI=1S/C17H20ClF3N4O/c1-11-15(23-10-22-11)9-25(7-6-24(2)3)16(26)13-8-12(17(19,20)21)4-5-14(13)18/h4-5,8,10H,6-7,9H2,1-3H3,(H,22,23). The van der Waals surface area contributed by atoms with Gasteiger partial charge in [0.15, 0.2) is 0 Å². The molecule has 2 aromatic rings. The molecule has 0 fully saturated rings. The summed E-state index contributed by atoms with van der Waals surface area (Å²) in [6.45, 7) is 2.86. The molecule has 0 radical (unpaired) electrons. The molecule has 0 unspecified atom stereocenters. The lowest BCUT2D eigenvalue weighted by molar-refractivity contribution is -0.137. The zero-order valence-electron chi connectivity index (χ0n) is 14.7. The Morgan fingerprint density at radius 2 is 1.96 bits per heavy atom. The van der Waals surface area contributed by atoms with Crippen LogP contribution in [-0.4, -0.2) is 52.9 Å². The monoisotopic (exact) mass is 388 g/mol. The van der Waals surface area contributed by atoms with Crippen molar-refractivity contribution in [2.75, 3.05) is 27.2 Å². The number of nitrogens with one attached hydrogen (secondary N) is 1. The Balaban J connectivity index is 2.34. The first kappa shape index (κ1) is 20.3. The molecule has 0 bridgehead atoms. The summed E-state index contributed by atoms with van der Waals surface area (Å²) in [5.41, 5.74) is 0.366. The minimum absolute atomic E-state index is 0.0170. The van der Waals surface area contributed by atoms with Crippen LogP contribution < -0.4 is 0 Å². The van der Waals surface area contributed by atoms with Crippen molar-refractivity contribution in [1.29, 1.82) is 0 Å². The zero-order valence-corrected chi connectivity index (χ0v) is 15.4. The van der Waals surface area contributed by atoms with Crippen LogP contribution in [0.5, 0.6) is 0 Å². The number of hydrogen-bond acceptors (Lipinski definition) is 3. The fraction of sp³-hybridized carbons (Fsp3) is 0.412. The van der Waals surface area contributed by atoms with Gasteiger partial charge in [-0.3, -0.25) is 4.79 Å². The van der Waals surface area contributed by atoms with E-state index in [1.165, 1.54) is 11.2 Å². The number of alkyl halides is 3. The number of carbonyl (C=O) groups excluding carboxylic acids is 1. The van der Waals surface area contributed by atoms with Gasteiger partial charge in [0.05, 0.1) is 34.7 Å². The number of aromatic amines is 1.